The molecule has 5 heteroatoms. The lowest BCUT2D eigenvalue weighted by atomic mass is 10.1. The largest absolute Gasteiger partial charge is 0.367 e. The van der Waals surface area contributed by atoms with Gasteiger partial charge in [-0.25, -0.2) is 4.39 Å². The van der Waals surface area contributed by atoms with Crippen molar-refractivity contribution in [3.8, 4) is 0 Å². The molecule has 0 aliphatic carbocycles. The maximum Gasteiger partial charge on any atom is 0.224 e. The van der Waals surface area contributed by atoms with Gasteiger partial charge >= 0.3 is 0 Å². The van der Waals surface area contributed by atoms with E-state index in [1.165, 1.54) is 6.07 Å². The van der Waals surface area contributed by atoms with Gasteiger partial charge in [0.25, 0.3) is 0 Å². The Hall–Kier alpha value is -2.40. The zero-order chi connectivity index (χ0) is 17.6. The third-order valence-corrected chi connectivity index (χ3v) is 4.41. The molecule has 1 fully saturated rings. The van der Waals surface area contributed by atoms with Gasteiger partial charge in [-0.1, -0.05) is 35.9 Å². The lowest BCUT2D eigenvalue weighted by molar-refractivity contribution is -0.120. The Kier molecular flexibility index (Phi) is 5.66. The topological polar surface area (TPSA) is 44.4 Å². The van der Waals surface area contributed by atoms with Gasteiger partial charge < -0.3 is 15.5 Å². The van der Waals surface area contributed by atoms with Crippen molar-refractivity contribution >= 4 is 11.6 Å². The van der Waals surface area contributed by atoms with Crippen molar-refractivity contribution in [3.63, 3.8) is 0 Å². The summed E-state index contributed by atoms with van der Waals surface area (Å²) in [7, 11) is 0. The highest BCUT2D eigenvalue weighted by Crippen LogP contribution is 2.21. The highest BCUT2D eigenvalue weighted by Gasteiger charge is 2.14. The van der Waals surface area contributed by atoms with Crippen LogP contribution in [0.5, 0.6) is 0 Å². The number of amides is 1. The third-order valence-electron chi connectivity index (χ3n) is 4.41. The summed E-state index contributed by atoms with van der Waals surface area (Å²) in [4.78, 5) is 14.1. The summed E-state index contributed by atoms with van der Waals surface area (Å²) in [6.45, 7) is 5.70. The zero-order valence-electron chi connectivity index (χ0n) is 14.5. The monoisotopic (exact) mass is 341 g/mol. The van der Waals surface area contributed by atoms with Crippen LogP contribution in [0.25, 0.3) is 0 Å². The van der Waals surface area contributed by atoms with Crippen molar-refractivity contribution < 1.29 is 9.18 Å². The molecule has 25 heavy (non-hydrogen) atoms. The predicted octanol–water partition coefficient (Wildman–Crippen LogP) is 2.40. The molecule has 4 nitrogen and oxygen atoms in total. The van der Waals surface area contributed by atoms with Crippen LogP contribution in [0.3, 0.4) is 0 Å². The molecule has 2 N–H and O–H groups in total. The zero-order valence-corrected chi connectivity index (χ0v) is 14.5. The van der Waals surface area contributed by atoms with Crippen molar-refractivity contribution in [2.75, 3.05) is 31.1 Å². The third kappa shape index (κ3) is 4.79. The van der Waals surface area contributed by atoms with E-state index in [1.807, 2.05) is 48.2 Å². The first-order chi connectivity index (χ1) is 12.1. The maximum absolute atomic E-state index is 14.4. The smallest absolute Gasteiger partial charge is 0.224 e. The summed E-state index contributed by atoms with van der Waals surface area (Å²) in [5, 5.41) is 6.12. The van der Waals surface area contributed by atoms with Crippen molar-refractivity contribution in [2.24, 2.45) is 0 Å². The summed E-state index contributed by atoms with van der Waals surface area (Å²) in [5.41, 5.74) is 3.53. The molecule has 0 saturated carbocycles. The van der Waals surface area contributed by atoms with E-state index >= 15 is 0 Å². The number of anilines is 1. The molecule has 1 aliphatic heterocycles. The van der Waals surface area contributed by atoms with Gasteiger partial charge in [0.2, 0.25) is 5.91 Å². The van der Waals surface area contributed by atoms with E-state index in [0.29, 0.717) is 18.7 Å². The average Bonchev–Trinajstić information content (AvgIpc) is 2.61. The number of halogens is 1. The molecule has 2 aromatic carbocycles. The van der Waals surface area contributed by atoms with Gasteiger partial charge in [0.1, 0.15) is 5.82 Å². The number of rotatable bonds is 5. The van der Waals surface area contributed by atoms with E-state index in [1.54, 1.807) is 0 Å². The van der Waals surface area contributed by atoms with E-state index in [2.05, 4.69) is 10.6 Å². The fourth-order valence-electron chi connectivity index (χ4n) is 3.09. The number of piperazine rings is 1. The number of aryl methyl sites for hydroxylation is 1. The molecule has 1 aliphatic rings. The molecule has 1 saturated heterocycles. The molecule has 1 amide bonds. The average molecular weight is 341 g/mol. The van der Waals surface area contributed by atoms with Crippen molar-refractivity contribution in [2.45, 2.75) is 19.9 Å². The minimum atomic E-state index is -0.229. The molecule has 132 valence electrons. The second-order valence-electron chi connectivity index (χ2n) is 6.47. The first-order valence-corrected chi connectivity index (χ1v) is 8.68. The molecule has 0 aromatic heterocycles. The standard InChI is InChI=1S/C20H24FN3O/c1-15-3-2-4-16(11-15)13-20(25)23-14-17-5-6-19(18(21)12-17)24-9-7-22-8-10-24/h2-6,11-12,22H,7-10,13-14H2,1H3,(H,23,25). The lowest BCUT2D eigenvalue weighted by Gasteiger charge is -2.29. The van der Waals surface area contributed by atoms with Crippen molar-refractivity contribution in [3.05, 3.63) is 65.0 Å². The quantitative estimate of drug-likeness (QED) is 0.878. The minimum Gasteiger partial charge on any atom is -0.367 e. The summed E-state index contributed by atoms with van der Waals surface area (Å²) in [6.07, 6.45) is 0.336. The fourth-order valence-corrected chi connectivity index (χ4v) is 3.09. The van der Waals surface area contributed by atoms with Gasteiger partial charge in [-0.05, 0) is 30.2 Å². The Morgan fingerprint density at radius 3 is 2.68 bits per heavy atom. The van der Waals surface area contributed by atoms with Gasteiger partial charge in [-0.3, -0.25) is 4.79 Å². The van der Waals surface area contributed by atoms with E-state index in [4.69, 9.17) is 0 Å². The van der Waals surface area contributed by atoms with Crippen LogP contribution in [0.1, 0.15) is 16.7 Å². The van der Waals surface area contributed by atoms with Crippen LogP contribution in [-0.2, 0) is 17.8 Å². The first-order valence-electron chi connectivity index (χ1n) is 8.68. The summed E-state index contributed by atoms with van der Waals surface area (Å²) in [6, 6.07) is 13.1. The van der Waals surface area contributed by atoms with Gasteiger partial charge in [0.05, 0.1) is 12.1 Å². The number of nitrogens with one attached hydrogen (secondary N) is 2. The van der Waals surface area contributed by atoms with Gasteiger partial charge in [0.15, 0.2) is 0 Å². The minimum absolute atomic E-state index is 0.0582. The Bertz CT molecular complexity index is 741. The molecule has 3 rings (SSSR count). The van der Waals surface area contributed by atoms with Gasteiger partial charge in [-0.2, -0.15) is 0 Å². The van der Waals surface area contributed by atoms with Crippen molar-refractivity contribution in [1.29, 1.82) is 0 Å². The van der Waals surface area contributed by atoms with Crippen LogP contribution in [0, 0.1) is 12.7 Å². The molecule has 1 heterocycles. The van der Waals surface area contributed by atoms with Crippen LogP contribution in [0.2, 0.25) is 0 Å². The van der Waals surface area contributed by atoms with Crippen LogP contribution in [0.15, 0.2) is 42.5 Å². The number of hydrogen-bond donors (Lipinski definition) is 2. The molecule has 0 bridgehead atoms. The number of carbonyl (C=O) groups is 1. The first kappa shape index (κ1) is 17.4. The maximum atomic E-state index is 14.4. The highest BCUT2D eigenvalue weighted by atomic mass is 19.1. The van der Waals surface area contributed by atoms with E-state index < -0.39 is 0 Å². The Labute approximate surface area is 148 Å². The molecule has 2 aromatic rings. The lowest BCUT2D eigenvalue weighted by Crippen LogP contribution is -2.43. The van der Waals surface area contributed by atoms with E-state index in [-0.39, 0.29) is 11.7 Å². The summed E-state index contributed by atoms with van der Waals surface area (Å²) >= 11 is 0. The predicted molar refractivity (Wildman–Crippen MR) is 98.2 cm³/mol. The van der Waals surface area contributed by atoms with Crippen LogP contribution in [-0.4, -0.2) is 32.1 Å². The molecule has 0 radical (unpaired) electrons. The summed E-state index contributed by atoms with van der Waals surface area (Å²) < 4.78 is 14.4. The van der Waals surface area contributed by atoms with Crippen LogP contribution < -0.4 is 15.5 Å². The second kappa shape index (κ2) is 8.12. The Morgan fingerprint density at radius 2 is 1.96 bits per heavy atom. The Morgan fingerprint density at radius 1 is 1.16 bits per heavy atom. The Balaban J connectivity index is 1.56. The molecule has 0 unspecified atom stereocenters. The van der Waals surface area contributed by atoms with Crippen molar-refractivity contribution in [1.82, 2.24) is 10.6 Å². The van der Waals surface area contributed by atoms with E-state index in [9.17, 15) is 9.18 Å². The highest BCUT2D eigenvalue weighted by molar-refractivity contribution is 5.78. The normalized spacial score (nSPS) is 14.4. The molecular weight excluding hydrogens is 317 g/mol. The van der Waals surface area contributed by atoms with Gasteiger partial charge in [0, 0.05) is 32.7 Å². The van der Waals surface area contributed by atoms with E-state index in [0.717, 1.165) is 42.9 Å². The number of nitrogens with zero attached hydrogens (tertiary/aromatic N) is 1. The number of benzene rings is 2. The molecular formula is C20H24FN3O. The SMILES string of the molecule is Cc1cccc(CC(=O)NCc2ccc(N3CCNCC3)c(F)c2)c1. The van der Waals surface area contributed by atoms with Crippen LogP contribution in [0.4, 0.5) is 10.1 Å². The molecule has 0 spiro atoms. The number of carbonyl (C=O) groups excluding carboxylic acids is 1. The number of hydrogen-bond acceptors (Lipinski definition) is 3. The fraction of sp³-hybridized carbons (Fsp3) is 0.350. The van der Waals surface area contributed by atoms with Gasteiger partial charge in [-0.15, -0.1) is 0 Å². The molecule has 0 atom stereocenters. The second-order valence-corrected chi connectivity index (χ2v) is 6.47. The van der Waals surface area contributed by atoms with Crippen LogP contribution >= 0.6 is 0 Å². The summed E-state index contributed by atoms with van der Waals surface area (Å²) in [5.74, 6) is -0.287.